The van der Waals surface area contributed by atoms with Crippen LogP contribution in [0.4, 0.5) is 0 Å². The van der Waals surface area contributed by atoms with Crippen molar-refractivity contribution in [2.24, 2.45) is 34.8 Å². The molecule has 5 atom stereocenters. The molecular weight excluding hydrogens is 158 g/mol. The van der Waals surface area contributed by atoms with E-state index in [1.165, 1.54) is 32.1 Å². The Balaban J connectivity index is 1.98. The molecule has 3 aliphatic rings. The molecule has 13 heavy (non-hydrogen) atoms. The Morgan fingerprint density at radius 1 is 1.23 bits per heavy atom. The average Bonchev–Trinajstić information content (AvgIpc) is 2.48. The van der Waals surface area contributed by atoms with Crippen LogP contribution in [0, 0.1) is 29.1 Å². The fourth-order valence-corrected chi connectivity index (χ4v) is 4.65. The lowest BCUT2D eigenvalue weighted by atomic mass is 9.57. The topological polar surface area (TPSA) is 26.0 Å². The van der Waals surface area contributed by atoms with Gasteiger partial charge >= 0.3 is 0 Å². The summed E-state index contributed by atoms with van der Waals surface area (Å²) in [5.74, 6) is 4.11. The maximum Gasteiger partial charge on any atom is -0.00178 e. The van der Waals surface area contributed by atoms with Crippen molar-refractivity contribution >= 4 is 0 Å². The Labute approximate surface area is 81.1 Å². The zero-order valence-corrected chi connectivity index (χ0v) is 8.63. The van der Waals surface area contributed by atoms with Gasteiger partial charge in [0.2, 0.25) is 0 Å². The van der Waals surface area contributed by atoms with E-state index >= 15 is 0 Å². The van der Waals surface area contributed by atoms with Crippen molar-refractivity contribution in [3.8, 4) is 0 Å². The first-order chi connectivity index (χ1) is 6.25. The van der Waals surface area contributed by atoms with Gasteiger partial charge in [0, 0.05) is 0 Å². The molecule has 5 unspecified atom stereocenters. The van der Waals surface area contributed by atoms with Crippen LogP contribution in [0.1, 0.15) is 39.0 Å². The van der Waals surface area contributed by atoms with E-state index in [2.05, 4.69) is 6.92 Å². The maximum atomic E-state index is 6.02. The first-order valence-corrected chi connectivity index (χ1v) is 5.95. The van der Waals surface area contributed by atoms with Gasteiger partial charge in [-0.05, 0) is 67.7 Å². The summed E-state index contributed by atoms with van der Waals surface area (Å²) < 4.78 is 0. The molecule has 0 radical (unpaired) electrons. The highest BCUT2D eigenvalue weighted by Crippen LogP contribution is 2.62. The van der Waals surface area contributed by atoms with Gasteiger partial charge in [0.25, 0.3) is 0 Å². The molecule has 0 aromatic carbocycles. The minimum atomic E-state index is 0.570. The van der Waals surface area contributed by atoms with E-state index in [1.54, 1.807) is 0 Å². The Bertz CT molecular complexity index is 225. The quantitative estimate of drug-likeness (QED) is 0.657. The van der Waals surface area contributed by atoms with E-state index in [0.29, 0.717) is 5.41 Å². The van der Waals surface area contributed by atoms with Gasteiger partial charge < -0.3 is 5.73 Å². The Morgan fingerprint density at radius 2 is 2.00 bits per heavy atom. The summed E-state index contributed by atoms with van der Waals surface area (Å²) in [5.41, 5.74) is 6.59. The van der Waals surface area contributed by atoms with Gasteiger partial charge in [-0.15, -0.1) is 0 Å². The van der Waals surface area contributed by atoms with Gasteiger partial charge in [-0.1, -0.05) is 6.92 Å². The molecule has 74 valence electrons. The van der Waals surface area contributed by atoms with Gasteiger partial charge in [-0.25, -0.2) is 0 Å². The van der Waals surface area contributed by atoms with Crippen molar-refractivity contribution in [1.82, 2.24) is 0 Å². The fraction of sp³-hybridized carbons (Fsp3) is 1.00. The molecule has 3 aliphatic carbocycles. The maximum absolute atomic E-state index is 6.02. The van der Waals surface area contributed by atoms with Crippen LogP contribution in [0.3, 0.4) is 0 Å². The lowest BCUT2D eigenvalue weighted by Crippen LogP contribution is -2.45. The van der Waals surface area contributed by atoms with E-state index < -0.39 is 0 Å². The van der Waals surface area contributed by atoms with Gasteiger partial charge in [0.15, 0.2) is 0 Å². The summed E-state index contributed by atoms with van der Waals surface area (Å²) in [6, 6.07) is 0. The third-order valence-electron chi connectivity index (χ3n) is 5.64. The Kier molecular flexibility index (Phi) is 1.59. The first-order valence-electron chi connectivity index (χ1n) is 5.95. The average molecular weight is 179 g/mol. The molecule has 1 nitrogen and oxygen atoms in total. The van der Waals surface area contributed by atoms with Crippen LogP contribution in [0.15, 0.2) is 0 Å². The van der Waals surface area contributed by atoms with Crippen molar-refractivity contribution in [3.63, 3.8) is 0 Å². The van der Waals surface area contributed by atoms with Crippen LogP contribution >= 0.6 is 0 Å². The van der Waals surface area contributed by atoms with Crippen molar-refractivity contribution < 1.29 is 0 Å². The van der Waals surface area contributed by atoms with E-state index in [-0.39, 0.29) is 0 Å². The summed E-state index contributed by atoms with van der Waals surface area (Å²) in [4.78, 5) is 0. The van der Waals surface area contributed by atoms with E-state index in [0.717, 1.165) is 30.2 Å². The van der Waals surface area contributed by atoms with Crippen LogP contribution < -0.4 is 5.73 Å². The molecule has 3 bridgehead atoms. The van der Waals surface area contributed by atoms with Crippen molar-refractivity contribution in [3.05, 3.63) is 0 Å². The van der Waals surface area contributed by atoms with E-state index in [1.807, 2.05) is 0 Å². The molecule has 0 amide bonds. The monoisotopic (exact) mass is 179 g/mol. The molecule has 0 aromatic heterocycles. The Morgan fingerprint density at radius 3 is 2.77 bits per heavy atom. The highest BCUT2D eigenvalue weighted by atomic mass is 14.7. The van der Waals surface area contributed by atoms with Gasteiger partial charge in [0.05, 0.1) is 0 Å². The smallest absolute Gasteiger partial charge is 0.00178 e. The molecule has 3 fully saturated rings. The molecule has 3 rings (SSSR count). The lowest BCUT2D eigenvalue weighted by molar-refractivity contribution is 0.0208. The fourth-order valence-electron chi connectivity index (χ4n) is 4.65. The van der Waals surface area contributed by atoms with Crippen molar-refractivity contribution in [2.45, 2.75) is 39.0 Å². The molecule has 0 heterocycles. The van der Waals surface area contributed by atoms with Crippen LogP contribution in [-0.4, -0.2) is 6.54 Å². The molecule has 0 saturated heterocycles. The molecule has 3 saturated carbocycles. The van der Waals surface area contributed by atoms with Gasteiger partial charge in [-0.3, -0.25) is 0 Å². The van der Waals surface area contributed by atoms with Crippen LogP contribution in [0.25, 0.3) is 0 Å². The zero-order valence-electron chi connectivity index (χ0n) is 8.63. The second-order valence-electron chi connectivity index (χ2n) is 5.85. The highest BCUT2D eigenvalue weighted by Gasteiger charge is 2.54. The number of hydrogen-bond acceptors (Lipinski definition) is 1. The third-order valence-corrected chi connectivity index (χ3v) is 5.64. The third kappa shape index (κ3) is 0.918. The second-order valence-corrected chi connectivity index (χ2v) is 5.85. The second kappa shape index (κ2) is 2.50. The predicted octanol–water partition coefficient (Wildman–Crippen LogP) is 2.41. The normalized spacial score (nSPS) is 58.6. The zero-order chi connectivity index (χ0) is 9.05. The van der Waals surface area contributed by atoms with Gasteiger partial charge in [-0.2, -0.15) is 0 Å². The molecule has 0 aromatic rings. The number of rotatable bonds is 1. The van der Waals surface area contributed by atoms with Crippen molar-refractivity contribution in [1.29, 1.82) is 0 Å². The molecule has 1 heteroatoms. The highest BCUT2D eigenvalue weighted by molar-refractivity contribution is 5.05. The van der Waals surface area contributed by atoms with Crippen LogP contribution in [-0.2, 0) is 0 Å². The number of fused-ring (bicyclic) bond motifs is 2. The molecule has 0 aliphatic heterocycles. The van der Waals surface area contributed by atoms with E-state index in [4.69, 9.17) is 5.73 Å². The lowest BCUT2D eigenvalue weighted by Gasteiger charge is -2.49. The predicted molar refractivity (Wildman–Crippen MR) is 54.2 cm³/mol. The van der Waals surface area contributed by atoms with E-state index in [9.17, 15) is 0 Å². The summed E-state index contributed by atoms with van der Waals surface area (Å²) >= 11 is 0. The Hall–Kier alpha value is -0.0400. The van der Waals surface area contributed by atoms with Gasteiger partial charge in [0.1, 0.15) is 0 Å². The van der Waals surface area contributed by atoms with Crippen LogP contribution in [0.5, 0.6) is 0 Å². The standard InChI is InChI=1S/C12H21N/c1-8-10-4-9-2-3-12(8,7-13)6-11(9)5-10/h8-11H,2-7,13H2,1H3. The van der Waals surface area contributed by atoms with Crippen molar-refractivity contribution in [2.75, 3.05) is 6.54 Å². The molecule has 2 N–H and O–H groups in total. The summed E-state index contributed by atoms with van der Waals surface area (Å²) in [7, 11) is 0. The molecule has 0 spiro atoms. The van der Waals surface area contributed by atoms with Crippen LogP contribution in [0.2, 0.25) is 0 Å². The first kappa shape index (κ1) is 8.28. The number of nitrogens with two attached hydrogens (primary N) is 1. The summed E-state index contributed by atoms with van der Waals surface area (Å²) in [6.45, 7) is 3.43. The SMILES string of the molecule is CC1C2CC3CCC1(CN)CC3C2. The summed E-state index contributed by atoms with van der Waals surface area (Å²) in [6.07, 6.45) is 7.46. The molecular formula is C12H21N. The summed E-state index contributed by atoms with van der Waals surface area (Å²) in [5, 5.41) is 0. The number of hydrogen-bond donors (Lipinski definition) is 1. The minimum Gasteiger partial charge on any atom is -0.330 e. The largest absolute Gasteiger partial charge is 0.330 e. The minimum absolute atomic E-state index is 0.570.